The number of hydrogen-bond acceptors (Lipinski definition) is 4. The summed E-state index contributed by atoms with van der Waals surface area (Å²) in [6, 6.07) is 5.98. The molecule has 1 aromatic rings. The van der Waals surface area contributed by atoms with Gasteiger partial charge in [0.25, 0.3) is 5.91 Å². The maximum atomic E-state index is 12.5. The molecule has 0 aliphatic heterocycles. The van der Waals surface area contributed by atoms with Crippen LogP contribution < -0.4 is 5.32 Å². The lowest BCUT2D eigenvalue weighted by atomic mass is 10.2. The monoisotopic (exact) mass is 388 g/mol. The number of hydrogen-bond donors (Lipinski definition) is 1. The molecule has 0 aliphatic carbocycles. The zero-order valence-corrected chi connectivity index (χ0v) is 17.2. The van der Waals surface area contributed by atoms with Crippen molar-refractivity contribution in [2.75, 3.05) is 25.4 Å². The maximum Gasteiger partial charge on any atom is 0.251 e. The minimum atomic E-state index is -3.61. The topological polar surface area (TPSA) is 83.6 Å². The van der Waals surface area contributed by atoms with Crippen LogP contribution in [0.2, 0.25) is 0 Å². The van der Waals surface area contributed by atoms with Gasteiger partial charge in [-0.25, -0.2) is 8.42 Å². The molecule has 1 atom stereocenters. The second kappa shape index (κ2) is 8.91. The molecule has 0 radical (unpaired) electrons. The van der Waals surface area contributed by atoms with Gasteiger partial charge in [-0.2, -0.15) is 4.31 Å². The minimum absolute atomic E-state index is 0.0992. The molecule has 0 heterocycles. The van der Waals surface area contributed by atoms with Crippen molar-refractivity contribution in [2.45, 2.75) is 44.3 Å². The van der Waals surface area contributed by atoms with E-state index in [1.54, 1.807) is 26.0 Å². The molecule has 0 aliphatic rings. The van der Waals surface area contributed by atoms with Gasteiger partial charge in [-0.1, -0.05) is 19.9 Å². The third kappa shape index (κ3) is 5.90. The number of nitrogens with zero attached hydrogens (tertiary/aromatic N) is 1. The SMILES string of the molecule is CCN(CC)S(=O)(=O)c1cccc(C(=O)NCCS(=O)C(C)(C)C)c1. The van der Waals surface area contributed by atoms with E-state index in [1.807, 2.05) is 20.8 Å². The van der Waals surface area contributed by atoms with E-state index in [4.69, 9.17) is 0 Å². The standard InChI is InChI=1S/C17H28N2O4S2/c1-6-19(7-2)25(22,23)15-10-8-9-14(13-15)16(20)18-11-12-24(21)17(3,4)5/h8-10,13H,6-7,11-12H2,1-5H3,(H,18,20). The van der Waals surface area contributed by atoms with Crippen molar-refractivity contribution >= 4 is 26.7 Å². The summed E-state index contributed by atoms with van der Waals surface area (Å²) in [5.74, 6) is -0.0188. The van der Waals surface area contributed by atoms with Gasteiger partial charge in [0.1, 0.15) is 0 Å². The molecule has 0 aromatic heterocycles. The molecule has 0 saturated heterocycles. The quantitative estimate of drug-likeness (QED) is 0.738. The van der Waals surface area contributed by atoms with E-state index in [1.165, 1.54) is 16.4 Å². The molecule has 1 rings (SSSR count). The summed E-state index contributed by atoms with van der Waals surface area (Å²) in [7, 11) is -4.66. The second-order valence-electron chi connectivity index (χ2n) is 6.54. The summed E-state index contributed by atoms with van der Waals surface area (Å²) in [6.07, 6.45) is 0. The lowest BCUT2D eigenvalue weighted by Gasteiger charge is -2.19. The van der Waals surface area contributed by atoms with Crippen molar-refractivity contribution in [1.82, 2.24) is 9.62 Å². The van der Waals surface area contributed by atoms with Crippen molar-refractivity contribution in [3.05, 3.63) is 29.8 Å². The Morgan fingerprint density at radius 1 is 1.20 bits per heavy atom. The Balaban J connectivity index is 2.84. The van der Waals surface area contributed by atoms with Crippen molar-refractivity contribution in [3.63, 3.8) is 0 Å². The second-order valence-corrected chi connectivity index (χ2v) is 10.8. The number of amides is 1. The van der Waals surface area contributed by atoms with Crippen LogP contribution in [0.3, 0.4) is 0 Å². The molecule has 6 nitrogen and oxygen atoms in total. The molecule has 0 saturated carbocycles. The molecule has 0 bridgehead atoms. The Morgan fingerprint density at radius 3 is 2.32 bits per heavy atom. The zero-order chi connectivity index (χ0) is 19.3. The van der Waals surface area contributed by atoms with Gasteiger partial charge < -0.3 is 5.32 Å². The lowest BCUT2D eigenvalue weighted by Crippen LogP contribution is -2.33. The van der Waals surface area contributed by atoms with E-state index in [0.29, 0.717) is 18.8 Å². The minimum Gasteiger partial charge on any atom is -0.351 e. The van der Waals surface area contributed by atoms with Crippen molar-refractivity contribution < 1.29 is 17.4 Å². The van der Waals surface area contributed by atoms with Gasteiger partial charge >= 0.3 is 0 Å². The van der Waals surface area contributed by atoms with Gasteiger partial charge in [-0.15, -0.1) is 0 Å². The van der Waals surface area contributed by atoms with Gasteiger partial charge in [-0.05, 0) is 39.0 Å². The first-order valence-corrected chi connectivity index (χ1v) is 11.1. The van der Waals surface area contributed by atoms with Crippen LogP contribution in [-0.2, 0) is 20.8 Å². The van der Waals surface area contributed by atoms with Crippen molar-refractivity contribution in [1.29, 1.82) is 0 Å². The molecule has 142 valence electrons. The highest BCUT2D eigenvalue weighted by atomic mass is 32.2. The first-order valence-electron chi connectivity index (χ1n) is 8.31. The smallest absolute Gasteiger partial charge is 0.251 e. The highest BCUT2D eigenvalue weighted by Gasteiger charge is 2.23. The van der Waals surface area contributed by atoms with E-state index in [9.17, 15) is 17.4 Å². The number of nitrogens with one attached hydrogen (secondary N) is 1. The van der Waals surface area contributed by atoms with E-state index >= 15 is 0 Å². The average molecular weight is 389 g/mol. The summed E-state index contributed by atoms with van der Waals surface area (Å²) in [6.45, 7) is 10.2. The van der Waals surface area contributed by atoms with Crippen LogP contribution in [0.4, 0.5) is 0 Å². The first kappa shape index (κ1) is 21.8. The number of sulfonamides is 1. The van der Waals surface area contributed by atoms with Gasteiger partial charge in [0.2, 0.25) is 10.0 Å². The number of rotatable bonds is 8. The Labute approximate surface area is 153 Å². The molecule has 25 heavy (non-hydrogen) atoms. The molecule has 1 unspecified atom stereocenters. The van der Waals surface area contributed by atoms with Crippen LogP contribution in [-0.4, -0.2) is 53.0 Å². The Kier molecular flexibility index (Phi) is 7.77. The Bertz CT molecular complexity index is 720. The summed E-state index contributed by atoms with van der Waals surface area (Å²) >= 11 is 0. The van der Waals surface area contributed by atoms with E-state index in [2.05, 4.69) is 5.32 Å². The van der Waals surface area contributed by atoms with E-state index in [-0.39, 0.29) is 27.7 Å². The molecule has 1 aromatic carbocycles. The molecule has 0 spiro atoms. The molecule has 0 fully saturated rings. The number of carbonyl (C=O) groups excluding carboxylic acids is 1. The number of benzene rings is 1. The summed E-state index contributed by atoms with van der Waals surface area (Å²) in [5.41, 5.74) is 0.273. The van der Waals surface area contributed by atoms with Gasteiger partial charge in [0.05, 0.1) is 4.90 Å². The number of carbonyl (C=O) groups is 1. The largest absolute Gasteiger partial charge is 0.351 e. The van der Waals surface area contributed by atoms with Crippen LogP contribution in [0.15, 0.2) is 29.2 Å². The normalized spacial score (nSPS) is 13.7. The van der Waals surface area contributed by atoms with Crippen LogP contribution in [0.5, 0.6) is 0 Å². The highest BCUT2D eigenvalue weighted by Crippen LogP contribution is 2.17. The van der Waals surface area contributed by atoms with Crippen molar-refractivity contribution in [3.8, 4) is 0 Å². The first-order chi connectivity index (χ1) is 11.5. The van der Waals surface area contributed by atoms with Crippen LogP contribution in [0.1, 0.15) is 45.0 Å². The predicted octanol–water partition coefficient (Wildman–Crippen LogP) is 1.99. The maximum absolute atomic E-state index is 12.5. The third-order valence-corrected chi connectivity index (χ3v) is 7.68. The van der Waals surface area contributed by atoms with Crippen LogP contribution in [0, 0.1) is 0 Å². The summed E-state index contributed by atoms with van der Waals surface area (Å²) in [5, 5.41) is 2.70. The average Bonchev–Trinajstić information content (AvgIpc) is 2.54. The lowest BCUT2D eigenvalue weighted by molar-refractivity contribution is 0.0956. The zero-order valence-electron chi connectivity index (χ0n) is 15.5. The van der Waals surface area contributed by atoms with Crippen LogP contribution >= 0.6 is 0 Å². The van der Waals surface area contributed by atoms with Gasteiger partial charge in [-0.3, -0.25) is 9.00 Å². The molecule has 8 heteroatoms. The van der Waals surface area contributed by atoms with E-state index < -0.39 is 20.8 Å². The Morgan fingerprint density at radius 2 is 1.80 bits per heavy atom. The van der Waals surface area contributed by atoms with Gasteiger partial charge in [0.15, 0.2) is 0 Å². The van der Waals surface area contributed by atoms with Gasteiger partial charge in [0, 0.05) is 46.5 Å². The molecular formula is C17H28N2O4S2. The molecule has 1 N–H and O–H groups in total. The molecule has 1 amide bonds. The fourth-order valence-electron chi connectivity index (χ4n) is 2.18. The fourth-order valence-corrected chi connectivity index (χ4v) is 4.58. The summed E-state index contributed by atoms with van der Waals surface area (Å²) < 4.78 is 38.1. The fraction of sp³-hybridized carbons (Fsp3) is 0.588. The predicted molar refractivity (Wildman–Crippen MR) is 102 cm³/mol. The Hall–Kier alpha value is -1.25. The van der Waals surface area contributed by atoms with Crippen LogP contribution in [0.25, 0.3) is 0 Å². The third-order valence-electron chi connectivity index (χ3n) is 3.70. The highest BCUT2D eigenvalue weighted by molar-refractivity contribution is 7.89. The molecular weight excluding hydrogens is 360 g/mol. The van der Waals surface area contributed by atoms with E-state index in [0.717, 1.165) is 0 Å². The van der Waals surface area contributed by atoms with Crippen molar-refractivity contribution in [2.24, 2.45) is 0 Å². The summed E-state index contributed by atoms with van der Waals surface area (Å²) in [4.78, 5) is 12.3.